The highest BCUT2D eigenvalue weighted by molar-refractivity contribution is 6.51. The van der Waals surface area contributed by atoms with Gasteiger partial charge in [0.25, 0.3) is 11.7 Å². The standard InChI is InChI=1S/C34H40N2O4/c1-8-35(9-2)25-15-17-26(18-16-25)36-30(23-13-11-12-22(4)20-23)29(32(38)33(36)39)31(37)24-14-19-28(40-10-3)27(21-24)34(5,6)7/h11-21,30,37H,8-10H2,1-7H3/b31-29-. The number of hydrogen-bond donors (Lipinski definition) is 1. The summed E-state index contributed by atoms with van der Waals surface area (Å²) in [5.74, 6) is -0.829. The summed E-state index contributed by atoms with van der Waals surface area (Å²) in [7, 11) is 0. The van der Waals surface area contributed by atoms with Crippen LogP contribution in [0.3, 0.4) is 0 Å². The van der Waals surface area contributed by atoms with Crippen LogP contribution in [0.5, 0.6) is 5.75 Å². The number of Topliss-reactive ketones (excluding diaryl/α,β-unsaturated/α-hetero) is 1. The van der Waals surface area contributed by atoms with E-state index in [0.717, 1.165) is 41.2 Å². The van der Waals surface area contributed by atoms with E-state index < -0.39 is 17.7 Å². The monoisotopic (exact) mass is 540 g/mol. The van der Waals surface area contributed by atoms with E-state index in [1.165, 1.54) is 4.90 Å². The summed E-state index contributed by atoms with van der Waals surface area (Å²) in [6.07, 6.45) is 0. The molecule has 4 rings (SSSR count). The Balaban J connectivity index is 1.90. The first-order valence-electron chi connectivity index (χ1n) is 14.0. The number of aliphatic hydroxyl groups is 1. The zero-order valence-corrected chi connectivity index (χ0v) is 24.6. The third-order valence-electron chi connectivity index (χ3n) is 7.42. The molecule has 1 atom stereocenters. The number of carbonyl (C=O) groups is 2. The summed E-state index contributed by atoms with van der Waals surface area (Å²) in [5, 5.41) is 11.7. The number of amides is 1. The van der Waals surface area contributed by atoms with Gasteiger partial charge in [0, 0.05) is 35.6 Å². The Morgan fingerprint density at radius 3 is 2.20 bits per heavy atom. The minimum absolute atomic E-state index is 0.0763. The van der Waals surface area contributed by atoms with E-state index in [2.05, 4.69) is 39.5 Å². The van der Waals surface area contributed by atoms with Crippen LogP contribution in [-0.4, -0.2) is 36.5 Å². The molecule has 1 amide bonds. The van der Waals surface area contributed by atoms with Crippen molar-refractivity contribution in [3.8, 4) is 5.75 Å². The quantitative estimate of drug-likeness (QED) is 0.186. The van der Waals surface area contributed by atoms with E-state index >= 15 is 0 Å². The van der Waals surface area contributed by atoms with Gasteiger partial charge in [-0.1, -0.05) is 50.6 Å². The zero-order valence-electron chi connectivity index (χ0n) is 24.6. The van der Waals surface area contributed by atoms with Crippen LogP contribution in [0, 0.1) is 6.92 Å². The van der Waals surface area contributed by atoms with Gasteiger partial charge in [-0.15, -0.1) is 0 Å². The highest BCUT2D eigenvalue weighted by Crippen LogP contribution is 2.43. The minimum Gasteiger partial charge on any atom is -0.507 e. The molecule has 1 aliphatic rings. The van der Waals surface area contributed by atoms with E-state index in [0.29, 0.717) is 17.9 Å². The summed E-state index contributed by atoms with van der Waals surface area (Å²) >= 11 is 0. The molecule has 1 saturated heterocycles. The molecule has 0 saturated carbocycles. The zero-order chi connectivity index (χ0) is 29.2. The molecule has 0 bridgehead atoms. The van der Waals surface area contributed by atoms with Gasteiger partial charge in [-0.3, -0.25) is 14.5 Å². The van der Waals surface area contributed by atoms with Gasteiger partial charge >= 0.3 is 0 Å². The average Bonchev–Trinajstić information content (AvgIpc) is 3.19. The number of benzene rings is 3. The van der Waals surface area contributed by atoms with Crippen LogP contribution < -0.4 is 14.5 Å². The Morgan fingerprint density at radius 2 is 1.62 bits per heavy atom. The number of rotatable bonds is 8. The molecule has 6 nitrogen and oxygen atoms in total. The number of ketones is 1. The van der Waals surface area contributed by atoms with Crippen molar-refractivity contribution in [1.82, 2.24) is 0 Å². The topological polar surface area (TPSA) is 70.1 Å². The van der Waals surface area contributed by atoms with E-state index in [-0.39, 0.29) is 16.7 Å². The van der Waals surface area contributed by atoms with Gasteiger partial charge in [0.05, 0.1) is 18.2 Å². The van der Waals surface area contributed by atoms with Crippen molar-refractivity contribution < 1.29 is 19.4 Å². The fourth-order valence-electron chi connectivity index (χ4n) is 5.37. The Bertz CT molecular complexity index is 1430. The van der Waals surface area contributed by atoms with E-state index in [4.69, 9.17) is 4.74 Å². The Morgan fingerprint density at radius 1 is 0.950 bits per heavy atom. The number of anilines is 2. The smallest absolute Gasteiger partial charge is 0.300 e. The lowest BCUT2D eigenvalue weighted by Crippen LogP contribution is -2.29. The van der Waals surface area contributed by atoms with Crippen molar-refractivity contribution in [3.63, 3.8) is 0 Å². The fourth-order valence-corrected chi connectivity index (χ4v) is 5.37. The first-order chi connectivity index (χ1) is 19.0. The molecule has 40 heavy (non-hydrogen) atoms. The van der Waals surface area contributed by atoms with Crippen LogP contribution in [0.2, 0.25) is 0 Å². The normalized spacial score (nSPS) is 16.9. The summed E-state index contributed by atoms with van der Waals surface area (Å²) in [6, 6.07) is 20.1. The highest BCUT2D eigenvalue weighted by atomic mass is 16.5. The van der Waals surface area contributed by atoms with E-state index in [9.17, 15) is 14.7 Å². The SMILES string of the molecule is CCOc1ccc(/C(O)=C2/C(=O)C(=O)N(c3ccc(N(CC)CC)cc3)C2c2cccc(C)c2)cc1C(C)(C)C. The van der Waals surface area contributed by atoms with Gasteiger partial charge < -0.3 is 14.7 Å². The third kappa shape index (κ3) is 5.48. The molecule has 3 aromatic carbocycles. The first kappa shape index (κ1) is 28.9. The molecule has 3 aromatic rings. The van der Waals surface area contributed by atoms with Gasteiger partial charge in [-0.25, -0.2) is 0 Å². The summed E-state index contributed by atoms with van der Waals surface area (Å²) in [4.78, 5) is 31.0. The van der Waals surface area contributed by atoms with Crippen molar-refractivity contribution >= 4 is 28.8 Å². The number of aryl methyl sites for hydroxylation is 1. The van der Waals surface area contributed by atoms with Gasteiger partial charge in [0.1, 0.15) is 11.5 Å². The molecule has 210 valence electrons. The molecule has 1 fully saturated rings. The van der Waals surface area contributed by atoms with Crippen LogP contribution in [0.4, 0.5) is 11.4 Å². The molecule has 1 N–H and O–H groups in total. The van der Waals surface area contributed by atoms with Crippen molar-refractivity contribution in [2.75, 3.05) is 29.5 Å². The number of hydrogen-bond acceptors (Lipinski definition) is 5. The molecule has 1 heterocycles. The Kier molecular flexibility index (Phi) is 8.38. The van der Waals surface area contributed by atoms with E-state index in [1.54, 1.807) is 6.07 Å². The molecular weight excluding hydrogens is 500 g/mol. The van der Waals surface area contributed by atoms with Gasteiger partial charge in [-0.05, 0) is 81.1 Å². The van der Waals surface area contributed by atoms with Gasteiger partial charge in [0.15, 0.2) is 0 Å². The summed E-state index contributed by atoms with van der Waals surface area (Å²) in [6.45, 7) is 16.5. The predicted molar refractivity (Wildman–Crippen MR) is 162 cm³/mol. The molecule has 0 spiro atoms. The summed E-state index contributed by atoms with van der Waals surface area (Å²) in [5.41, 5.74) is 4.59. The number of carbonyl (C=O) groups excluding carboxylic acids is 2. The molecule has 1 unspecified atom stereocenters. The molecule has 6 heteroatoms. The van der Waals surface area contributed by atoms with E-state index in [1.807, 2.05) is 74.5 Å². The highest BCUT2D eigenvalue weighted by Gasteiger charge is 2.47. The third-order valence-corrected chi connectivity index (χ3v) is 7.42. The second-order valence-electron chi connectivity index (χ2n) is 11.2. The second kappa shape index (κ2) is 11.6. The van der Waals surface area contributed by atoms with Crippen LogP contribution in [0.15, 0.2) is 72.3 Å². The molecule has 1 aliphatic heterocycles. The predicted octanol–water partition coefficient (Wildman–Crippen LogP) is 7.16. The van der Waals surface area contributed by atoms with Crippen molar-refractivity contribution in [2.45, 2.75) is 59.9 Å². The van der Waals surface area contributed by atoms with Crippen molar-refractivity contribution in [2.24, 2.45) is 0 Å². The maximum absolute atomic E-state index is 13.6. The number of nitrogens with zero attached hydrogens (tertiary/aromatic N) is 2. The molecular formula is C34H40N2O4. The maximum Gasteiger partial charge on any atom is 0.300 e. The molecule has 0 aliphatic carbocycles. The van der Waals surface area contributed by atoms with Crippen molar-refractivity contribution in [1.29, 1.82) is 0 Å². The lowest BCUT2D eigenvalue weighted by Gasteiger charge is -2.27. The van der Waals surface area contributed by atoms with Gasteiger partial charge in [-0.2, -0.15) is 0 Å². The van der Waals surface area contributed by atoms with Crippen LogP contribution in [0.25, 0.3) is 5.76 Å². The van der Waals surface area contributed by atoms with Crippen LogP contribution in [-0.2, 0) is 15.0 Å². The lowest BCUT2D eigenvalue weighted by atomic mass is 9.84. The minimum atomic E-state index is -0.774. The van der Waals surface area contributed by atoms with Gasteiger partial charge in [0.2, 0.25) is 0 Å². The fraction of sp³-hybridized carbons (Fsp3) is 0.353. The maximum atomic E-state index is 13.6. The number of aliphatic hydroxyl groups excluding tert-OH is 1. The first-order valence-corrected chi connectivity index (χ1v) is 14.0. The molecule has 0 radical (unpaired) electrons. The summed E-state index contributed by atoms with van der Waals surface area (Å²) < 4.78 is 5.85. The molecule has 0 aromatic heterocycles. The average molecular weight is 541 g/mol. The van der Waals surface area contributed by atoms with Crippen molar-refractivity contribution in [3.05, 3.63) is 94.6 Å². The van der Waals surface area contributed by atoms with Crippen LogP contribution >= 0.6 is 0 Å². The number of ether oxygens (including phenoxy) is 1. The second-order valence-corrected chi connectivity index (χ2v) is 11.2. The lowest BCUT2D eigenvalue weighted by molar-refractivity contribution is -0.132. The largest absolute Gasteiger partial charge is 0.507 e. The Labute approximate surface area is 237 Å². The van der Waals surface area contributed by atoms with Crippen LogP contribution in [0.1, 0.15) is 69.8 Å². The Hall–Kier alpha value is -4.06.